The maximum atomic E-state index is 11.1. The summed E-state index contributed by atoms with van der Waals surface area (Å²) in [5, 5.41) is 23.1. The molecule has 6 nitrogen and oxygen atoms in total. The normalized spacial score (nSPS) is 16.4. The fourth-order valence-corrected chi connectivity index (χ4v) is 2.93. The lowest BCUT2D eigenvalue weighted by molar-refractivity contribution is -0.384. The molecular weight excluding hydrogens is 296 g/mol. The summed E-state index contributed by atoms with van der Waals surface area (Å²) in [5.41, 5.74) is 3.45. The molecule has 0 aliphatic heterocycles. The van der Waals surface area contributed by atoms with E-state index in [9.17, 15) is 14.9 Å². The number of nitrogens with one attached hydrogen (secondary N) is 1. The van der Waals surface area contributed by atoms with E-state index in [1.807, 2.05) is 6.07 Å². The van der Waals surface area contributed by atoms with Crippen LogP contribution in [0.3, 0.4) is 0 Å². The summed E-state index contributed by atoms with van der Waals surface area (Å²) in [6.45, 7) is 0. The first-order valence-electron chi connectivity index (χ1n) is 7.39. The first-order valence-corrected chi connectivity index (χ1v) is 7.39. The van der Waals surface area contributed by atoms with Crippen molar-refractivity contribution < 1.29 is 14.8 Å². The van der Waals surface area contributed by atoms with Gasteiger partial charge in [0.1, 0.15) is 0 Å². The molecule has 1 unspecified atom stereocenters. The van der Waals surface area contributed by atoms with Crippen LogP contribution >= 0.6 is 0 Å². The van der Waals surface area contributed by atoms with E-state index < -0.39 is 10.9 Å². The topological polar surface area (TPSA) is 92.5 Å². The van der Waals surface area contributed by atoms with E-state index in [0.29, 0.717) is 5.56 Å². The van der Waals surface area contributed by atoms with Crippen molar-refractivity contribution in [3.8, 4) is 0 Å². The van der Waals surface area contributed by atoms with Gasteiger partial charge in [-0.15, -0.1) is 0 Å². The minimum absolute atomic E-state index is 0.0654. The van der Waals surface area contributed by atoms with Crippen molar-refractivity contribution in [2.45, 2.75) is 25.3 Å². The molecule has 0 heterocycles. The first kappa shape index (κ1) is 15.0. The Morgan fingerprint density at radius 3 is 2.57 bits per heavy atom. The van der Waals surface area contributed by atoms with Crippen LogP contribution in [0.25, 0.3) is 0 Å². The number of aryl methyl sites for hydroxylation is 1. The van der Waals surface area contributed by atoms with Gasteiger partial charge in [-0.3, -0.25) is 10.1 Å². The molecule has 6 heteroatoms. The number of nitro groups is 1. The molecule has 0 saturated heterocycles. The summed E-state index contributed by atoms with van der Waals surface area (Å²) in [6, 6.07) is 11.8. The molecule has 0 aromatic heterocycles. The zero-order valence-electron chi connectivity index (χ0n) is 12.4. The third kappa shape index (κ3) is 3.31. The number of hydrogen-bond acceptors (Lipinski definition) is 4. The SMILES string of the molecule is O=C(O)c1ccc2c(c1)CC(Nc1ccc([N+](=O)[O-])cc1)CC2. The van der Waals surface area contributed by atoms with Gasteiger partial charge >= 0.3 is 5.97 Å². The second kappa shape index (κ2) is 6.08. The number of rotatable bonds is 4. The highest BCUT2D eigenvalue weighted by molar-refractivity contribution is 5.88. The highest BCUT2D eigenvalue weighted by Gasteiger charge is 2.20. The third-order valence-corrected chi connectivity index (χ3v) is 4.13. The van der Waals surface area contributed by atoms with Crippen LogP contribution in [0.4, 0.5) is 11.4 Å². The van der Waals surface area contributed by atoms with Crippen LogP contribution in [0, 0.1) is 10.1 Å². The smallest absolute Gasteiger partial charge is 0.335 e. The van der Waals surface area contributed by atoms with Crippen molar-refractivity contribution in [3.05, 3.63) is 69.3 Å². The van der Waals surface area contributed by atoms with Crippen molar-refractivity contribution in [3.63, 3.8) is 0 Å². The second-order valence-corrected chi connectivity index (χ2v) is 5.68. The lowest BCUT2D eigenvalue weighted by Crippen LogP contribution is -2.27. The van der Waals surface area contributed by atoms with Gasteiger partial charge in [0, 0.05) is 23.9 Å². The van der Waals surface area contributed by atoms with Crippen LogP contribution < -0.4 is 5.32 Å². The molecule has 0 saturated carbocycles. The Kier molecular flexibility index (Phi) is 3.97. The van der Waals surface area contributed by atoms with Gasteiger partial charge in [0.2, 0.25) is 0 Å². The van der Waals surface area contributed by atoms with E-state index in [2.05, 4.69) is 5.32 Å². The molecule has 1 aliphatic rings. The van der Waals surface area contributed by atoms with Gasteiger partial charge in [-0.2, -0.15) is 0 Å². The molecule has 0 fully saturated rings. The Hall–Kier alpha value is -2.89. The molecule has 118 valence electrons. The Labute approximate surface area is 132 Å². The molecule has 0 bridgehead atoms. The minimum Gasteiger partial charge on any atom is -0.478 e. The molecule has 0 radical (unpaired) electrons. The van der Waals surface area contributed by atoms with E-state index in [1.165, 1.54) is 17.7 Å². The molecule has 2 aromatic carbocycles. The predicted molar refractivity (Wildman–Crippen MR) is 85.9 cm³/mol. The molecule has 0 amide bonds. The highest BCUT2D eigenvalue weighted by atomic mass is 16.6. The Balaban J connectivity index is 1.72. The maximum Gasteiger partial charge on any atom is 0.335 e. The highest BCUT2D eigenvalue weighted by Crippen LogP contribution is 2.25. The van der Waals surface area contributed by atoms with Gasteiger partial charge < -0.3 is 10.4 Å². The maximum absolute atomic E-state index is 11.1. The molecule has 3 rings (SSSR count). The van der Waals surface area contributed by atoms with Crippen LogP contribution in [0.2, 0.25) is 0 Å². The fourth-order valence-electron chi connectivity index (χ4n) is 2.93. The van der Waals surface area contributed by atoms with Crippen LogP contribution in [-0.4, -0.2) is 22.0 Å². The largest absolute Gasteiger partial charge is 0.478 e. The van der Waals surface area contributed by atoms with Gasteiger partial charge in [0.05, 0.1) is 10.5 Å². The fraction of sp³-hybridized carbons (Fsp3) is 0.235. The number of nitro benzene ring substituents is 1. The molecule has 23 heavy (non-hydrogen) atoms. The monoisotopic (exact) mass is 312 g/mol. The molecule has 2 N–H and O–H groups in total. The summed E-state index contributed by atoms with van der Waals surface area (Å²) in [5.74, 6) is -0.918. The van der Waals surface area contributed by atoms with Crippen molar-refractivity contribution >= 4 is 17.3 Å². The number of carbonyl (C=O) groups is 1. The zero-order valence-corrected chi connectivity index (χ0v) is 12.4. The van der Waals surface area contributed by atoms with Gasteiger partial charge in [0.25, 0.3) is 5.69 Å². The second-order valence-electron chi connectivity index (χ2n) is 5.68. The Morgan fingerprint density at radius 1 is 1.17 bits per heavy atom. The quantitative estimate of drug-likeness (QED) is 0.667. The van der Waals surface area contributed by atoms with Crippen LogP contribution in [-0.2, 0) is 12.8 Å². The lowest BCUT2D eigenvalue weighted by Gasteiger charge is -2.26. The number of fused-ring (bicyclic) bond motifs is 1. The van der Waals surface area contributed by atoms with Crippen molar-refractivity contribution in [1.29, 1.82) is 0 Å². The van der Waals surface area contributed by atoms with Gasteiger partial charge in [-0.25, -0.2) is 4.79 Å². The number of non-ortho nitro benzene ring substituents is 1. The summed E-state index contributed by atoms with van der Waals surface area (Å²) in [4.78, 5) is 21.3. The summed E-state index contributed by atoms with van der Waals surface area (Å²) in [7, 11) is 0. The van der Waals surface area contributed by atoms with Crippen LogP contribution in [0.1, 0.15) is 27.9 Å². The van der Waals surface area contributed by atoms with E-state index in [0.717, 1.165) is 30.5 Å². The molecule has 0 spiro atoms. The Morgan fingerprint density at radius 2 is 1.91 bits per heavy atom. The molecular formula is C17H16N2O4. The number of hydrogen-bond donors (Lipinski definition) is 2. The molecule has 1 atom stereocenters. The number of carboxylic acid groups (broad SMARTS) is 1. The van der Waals surface area contributed by atoms with Crippen molar-refractivity contribution in [2.75, 3.05) is 5.32 Å². The predicted octanol–water partition coefficient (Wildman–Crippen LogP) is 3.26. The number of nitrogens with zero attached hydrogens (tertiary/aromatic N) is 1. The van der Waals surface area contributed by atoms with Gasteiger partial charge in [-0.1, -0.05) is 6.07 Å². The van der Waals surface area contributed by atoms with Gasteiger partial charge in [-0.05, 0) is 54.7 Å². The average molecular weight is 312 g/mol. The summed E-state index contributed by atoms with van der Waals surface area (Å²) in [6.07, 6.45) is 2.57. The minimum atomic E-state index is -0.918. The lowest BCUT2D eigenvalue weighted by atomic mass is 9.87. The van der Waals surface area contributed by atoms with Crippen LogP contribution in [0.5, 0.6) is 0 Å². The first-order chi connectivity index (χ1) is 11.0. The van der Waals surface area contributed by atoms with Crippen molar-refractivity contribution in [1.82, 2.24) is 0 Å². The molecule has 2 aromatic rings. The number of benzene rings is 2. The van der Waals surface area contributed by atoms with Gasteiger partial charge in [0.15, 0.2) is 0 Å². The molecule has 1 aliphatic carbocycles. The van der Waals surface area contributed by atoms with E-state index in [4.69, 9.17) is 5.11 Å². The zero-order chi connectivity index (χ0) is 16.4. The number of carboxylic acids is 1. The average Bonchev–Trinajstić information content (AvgIpc) is 2.54. The summed E-state index contributed by atoms with van der Waals surface area (Å²) < 4.78 is 0. The van der Waals surface area contributed by atoms with E-state index >= 15 is 0 Å². The Bertz CT molecular complexity index is 756. The van der Waals surface area contributed by atoms with E-state index in [-0.39, 0.29) is 11.7 Å². The number of aromatic carboxylic acids is 1. The standard InChI is InChI=1S/C17H16N2O4/c20-17(21)12-2-1-11-3-4-15(10-13(11)9-12)18-14-5-7-16(8-6-14)19(22)23/h1-2,5-9,15,18H,3-4,10H2,(H,20,21). The summed E-state index contributed by atoms with van der Waals surface area (Å²) >= 11 is 0. The van der Waals surface area contributed by atoms with Crippen molar-refractivity contribution in [2.24, 2.45) is 0 Å². The van der Waals surface area contributed by atoms with E-state index in [1.54, 1.807) is 24.3 Å². The third-order valence-electron chi connectivity index (χ3n) is 4.13. The van der Waals surface area contributed by atoms with Crippen LogP contribution in [0.15, 0.2) is 42.5 Å². The number of anilines is 1.